The van der Waals surface area contributed by atoms with Crippen LogP contribution in [0.15, 0.2) is 60.7 Å². The molecule has 0 saturated carbocycles. The first-order valence-electron chi connectivity index (χ1n) is 7.23. The Bertz CT molecular complexity index is 810. The summed E-state index contributed by atoms with van der Waals surface area (Å²) < 4.78 is 0. The SMILES string of the molecule is Cc1cccc(C(=O)Cc2cccc3ccccc23)c1C. The quantitative estimate of drug-likeness (QED) is 0.622. The summed E-state index contributed by atoms with van der Waals surface area (Å²) in [7, 11) is 0. The molecule has 0 aromatic heterocycles. The maximum absolute atomic E-state index is 12.6. The second-order valence-electron chi connectivity index (χ2n) is 5.49. The van der Waals surface area contributed by atoms with Gasteiger partial charge in [-0.25, -0.2) is 0 Å². The molecule has 3 aromatic carbocycles. The molecule has 0 heterocycles. The van der Waals surface area contributed by atoms with E-state index in [-0.39, 0.29) is 5.78 Å². The molecular weight excluding hydrogens is 256 g/mol. The average Bonchev–Trinajstić information content (AvgIpc) is 2.50. The third-order valence-electron chi connectivity index (χ3n) is 4.14. The second kappa shape index (κ2) is 5.53. The molecule has 0 aliphatic rings. The van der Waals surface area contributed by atoms with Crippen molar-refractivity contribution >= 4 is 16.6 Å². The summed E-state index contributed by atoms with van der Waals surface area (Å²) in [5.74, 6) is 0.188. The molecular formula is C20H18O. The van der Waals surface area contributed by atoms with Gasteiger partial charge in [0.05, 0.1) is 0 Å². The molecule has 0 atom stereocenters. The lowest BCUT2D eigenvalue weighted by Crippen LogP contribution is -2.06. The van der Waals surface area contributed by atoms with Gasteiger partial charge in [0.2, 0.25) is 0 Å². The Labute approximate surface area is 125 Å². The van der Waals surface area contributed by atoms with E-state index in [2.05, 4.69) is 18.2 Å². The van der Waals surface area contributed by atoms with Gasteiger partial charge in [-0.3, -0.25) is 4.79 Å². The van der Waals surface area contributed by atoms with Crippen molar-refractivity contribution in [2.75, 3.05) is 0 Å². The number of hydrogen-bond donors (Lipinski definition) is 0. The van der Waals surface area contributed by atoms with E-state index < -0.39 is 0 Å². The maximum atomic E-state index is 12.6. The molecule has 1 heteroatoms. The molecule has 0 amide bonds. The Morgan fingerprint density at radius 1 is 0.857 bits per heavy atom. The van der Waals surface area contributed by atoms with Crippen LogP contribution in [-0.4, -0.2) is 5.78 Å². The third-order valence-corrected chi connectivity index (χ3v) is 4.14. The highest BCUT2D eigenvalue weighted by Crippen LogP contribution is 2.21. The first-order valence-corrected chi connectivity index (χ1v) is 7.23. The molecule has 0 aliphatic heterocycles. The van der Waals surface area contributed by atoms with Crippen LogP contribution < -0.4 is 0 Å². The van der Waals surface area contributed by atoms with Gasteiger partial charge in [-0.1, -0.05) is 60.7 Å². The molecule has 0 N–H and O–H groups in total. The predicted molar refractivity (Wildman–Crippen MR) is 87.9 cm³/mol. The van der Waals surface area contributed by atoms with Crippen molar-refractivity contribution in [3.63, 3.8) is 0 Å². The minimum absolute atomic E-state index is 0.188. The molecule has 0 bridgehead atoms. The van der Waals surface area contributed by atoms with E-state index in [0.29, 0.717) is 6.42 Å². The molecule has 0 saturated heterocycles. The van der Waals surface area contributed by atoms with Gasteiger partial charge in [-0.05, 0) is 41.3 Å². The second-order valence-corrected chi connectivity index (χ2v) is 5.49. The van der Waals surface area contributed by atoms with E-state index in [9.17, 15) is 4.79 Å². The summed E-state index contributed by atoms with van der Waals surface area (Å²) in [6.45, 7) is 4.07. The zero-order valence-corrected chi connectivity index (χ0v) is 12.4. The van der Waals surface area contributed by atoms with Crippen LogP contribution in [-0.2, 0) is 6.42 Å². The molecule has 0 aliphatic carbocycles. The van der Waals surface area contributed by atoms with E-state index in [1.807, 2.05) is 56.3 Å². The van der Waals surface area contributed by atoms with Crippen molar-refractivity contribution in [3.8, 4) is 0 Å². The standard InChI is InChI=1S/C20H18O/c1-14-7-5-12-18(15(14)2)20(21)13-17-10-6-9-16-8-3-4-11-19(16)17/h3-12H,13H2,1-2H3. The topological polar surface area (TPSA) is 17.1 Å². The van der Waals surface area contributed by atoms with Crippen molar-refractivity contribution in [1.29, 1.82) is 0 Å². The lowest BCUT2D eigenvalue weighted by atomic mass is 9.94. The van der Waals surface area contributed by atoms with Crippen molar-refractivity contribution in [1.82, 2.24) is 0 Å². The number of Topliss-reactive ketones (excluding diaryl/α,β-unsaturated/α-hetero) is 1. The van der Waals surface area contributed by atoms with Crippen LogP contribution in [0.3, 0.4) is 0 Å². The Balaban J connectivity index is 1.99. The predicted octanol–water partition coefficient (Wildman–Crippen LogP) is 4.88. The minimum atomic E-state index is 0.188. The zero-order chi connectivity index (χ0) is 14.8. The van der Waals surface area contributed by atoms with Gasteiger partial charge in [0.15, 0.2) is 5.78 Å². The van der Waals surface area contributed by atoms with Gasteiger partial charge in [-0.15, -0.1) is 0 Å². The van der Waals surface area contributed by atoms with Crippen molar-refractivity contribution < 1.29 is 4.79 Å². The monoisotopic (exact) mass is 274 g/mol. The van der Waals surface area contributed by atoms with E-state index >= 15 is 0 Å². The summed E-state index contributed by atoms with van der Waals surface area (Å²) in [6, 6.07) is 20.3. The summed E-state index contributed by atoms with van der Waals surface area (Å²) in [5.41, 5.74) is 4.18. The number of benzene rings is 3. The van der Waals surface area contributed by atoms with Crippen molar-refractivity contribution in [2.24, 2.45) is 0 Å². The van der Waals surface area contributed by atoms with Crippen LogP contribution in [0.2, 0.25) is 0 Å². The van der Waals surface area contributed by atoms with Crippen LogP contribution >= 0.6 is 0 Å². The van der Waals surface area contributed by atoms with Gasteiger partial charge in [0.1, 0.15) is 0 Å². The number of aryl methyl sites for hydroxylation is 1. The number of ketones is 1. The van der Waals surface area contributed by atoms with Crippen LogP contribution in [0.25, 0.3) is 10.8 Å². The fourth-order valence-electron chi connectivity index (χ4n) is 2.77. The minimum Gasteiger partial charge on any atom is -0.294 e. The van der Waals surface area contributed by atoms with Crippen LogP contribution in [0.4, 0.5) is 0 Å². The number of carbonyl (C=O) groups excluding carboxylic acids is 1. The van der Waals surface area contributed by atoms with Crippen LogP contribution in [0.5, 0.6) is 0 Å². The number of rotatable bonds is 3. The Kier molecular flexibility index (Phi) is 3.57. The fraction of sp³-hybridized carbons (Fsp3) is 0.150. The smallest absolute Gasteiger partial charge is 0.167 e. The van der Waals surface area contributed by atoms with E-state index in [4.69, 9.17) is 0 Å². The fourth-order valence-corrected chi connectivity index (χ4v) is 2.77. The zero-order valence-electron chi connectivity index (χ0n) is 12.4. The highest BCUT2D eigenvalue weighted by atomic mass is 16.1. The first kappa shape index (κ1) is 13.6. The summed E-state index contributed by atoms with van der Waals surface area (Å²) in [5, 5.41) is 2.35. The Morgan fingerprint density at radius 3 is 2.43 bits per heavy atom. The highest BCUT2D eigenvalue weighted by molar-refractivity contribution is 6.01. The Hall–Kier alpha value is -2.41. The molecule has 0 spiro atoms. The largest absolute Gasteiger partial charge is 0.294 e. The van der Waals surface area contributed by atoms with E-state index in [0.717, 1.165) is 16.7 Å². The molecule has 3 rings (SSSR count). The van der Waals surface area contributed by atoms with Crippen molar-refractivity contribution in [3.05, 3.63) is 82.9 Å². The van der Waals surface area contributed by atoms with Gasteiger partial charge in [0, 0.05) is 12.0 Å². The van der Waals surface area contributed by atoms with Crippen LogP contribution in [0, 0.1) is 13.8 Å². The third kappa shape index (κ3) is 2.59. The number of carbonyl (C=O) groups is 1. The van der Waals surface area contributed by atoms with Crippen molar-refractivity contribution in [2.45, 2.75) is 20.3 Å². The lowest BCUT2D eigenvalue weighted by Gasteiger charge is -2.09. The molecule has 1 nitrogen and oxygen atoms in total. The molecule has 104 valence electrons. The first-order chi connectivity index (χ1) is 10.2. The molecule has 0 unspecified atom stereocenters. The van der Waals surface area contributed by atoms with E-state index in [1.165, 1.54) is 16.3 Å². The number of fused-ring (bicyclic) bond motifs is 1. The van der Waals surface area contributed by atoms with E-state index in [1.54, 1.807) is 0 Å². The van der Waals surface area contributed by atoms with Gasteiger partial charge in [0.25, 0.3) is 0 Å². The van der Waals surface area contributed by atoms with Gasteiger partial charge < -0.3 is 0 Å². The van der Waals surface area contributed by atoms with Gasteiger partial charge >= 0.3 is 0 Å². The molecule has 0 fully saturated rings. The Morgan fingerprint density at radius 2 is 1.57 bits per heavy atom. The van der Waals surface area contributed by atoms with Crippen LogP contribution in [0.1, 0.15) is 27.0 Å². The molecule has 0 radical (unpaired) electrons. The number of hydrogen-bond acceptors (Lipinski definition) is 1. The average molecular weight is 274 g/mol. The summed E-state index contributed by atoms with van der Waals surface area (Å²) in [4.78, 5) is 12.6. The lowest BCUT2D eigenvalue weighted by molar-refractivity contribution is 0.0992. The maximum Gasteiger partial charge on any atom is 0.167 e. The molecule has 3 aromatic rings. The summed E-state index contributed by atoms with van der Waals surface area (Å²) in [6.07, 6.45) is 0.450. The summed E-state index contributed by atoms with van der Waals surface area (Å²) >= 11 is 0. The molecule has 21 heavy (non-hydrogen) atoms. The normalized spacial score (nSPS) is 10.8. The highest BCUT2D eigenvalue weighted by Gasteiger charge is 2.12. The van der Waals surface area contributed by atoms with Gasteiger partial charge in [-0.2, -0.15) is 0 Å².